The van der Waals surface area contributed by atoms with Crippen LogP contribution in [0.2, 0.25) is 0 Å². The van der Waals surface area contributed by atoms with Crippen LogP contribution in [0.1, 0.15) is 0 Å². The average molecular weight is 251 g/mol. The molecule has 0 aromatic heterocycles. The van der Waals surface area contributed by atoms with E-state index < -0.39 is 12.9 Å². The van der Waals surface area contributed by atoms with Gasteiger partial charge in [-0.1, -0.05) is 0 Å². The van der Waals surface area contributed by atoms with E-state index in [1.54, 1.807) is 0 Å². The van der Waals surface area contributed by atoms with Crippen LogP contribution in [0.15, 0.2) is 0 Å². The Morgan fingerprint density at radius 3 is 0.615 bits per heavy atom. The Morgan fingerprint density at radius 2 is 0.615 bits per heavy atom. The summed E-state index contributed by atoms with van der Waals surface area (Å²) in [6.07, 6.45) is 0. The molecule has 0 aromatic rings. The maximum absolute atomic E-state index is 8.25. The van der Waals surface area contributed by atoms with Gasteiger partial charge in [0.05, 0.1) is 0 Å². The fourth-order valence-electron chi connectivity index (χ4n) is 0. The monoisotopic (exact) mass is 250 g/mol. The van der Waals surface area contributed by atoms with Gasteiger partial charge < -0.3 is 56.7 Å². The maximum atomic E-state index is 8.25. The maximum Gasteiger partial charge on any atom is 2.00 e. The summed E-state index contributed by atoms with van der Waals surface area (Å²) in [7, 11) is 0. The fourth-order valence-corrected chi connectivity index (χ4v) is 0. The van der Waals surface area contributed by atoms with Crippen LogP contribution >= 0.6 is 0 Å². The van der Waals surface area contributed by atoms with E-state index in [0.29, 0.717) is 0 Å². The Labute approximate surface area is 86.9 Å². The average Bonchev–Trinajstić information content (AvgIpc) is 1.39. The van der Waals surface area contributed by atoms with Gasteiger partial charge in [-0.15, -0.1) is 0 Å². The molecule has 0 aliphatic heterocycles. The molecule has 0 radical (unpaired) electrons. The molecule has 0 saturated carbocycles. The molecule has 92 valence electrons. The molecule has 0 unspecified atom stereocenters. The van der Waals surface area contributed by atoms with Crippen molar-refractivity contribution in [2.75, 3.05) is 0 Å². The molecule has 0 heterocycles. The van der Waals surface area contributed by atoms with Crippen molar-refractivity contribution >= 4 is 12.9 Å². The van der Waals surface area contributed by atoms with Gasteiger partial charge in [0.2, 0.25) is 0 Å². The van der Waals surface area contributed by atoms with E-state index in [1.165, 1.54) is 0 Å². The van der Waals surface area contributed by atoms with E-state index >= 15 is 0 Å². The van der Waals surface area contributed by atoms with Crippen LogP contribution in [-0.4, -0.2) is 12.9 Å². The zero-order valence-electron chi connectivity index (χ0n) is 7.35. The van der Waals surface area contributed by atoms with Crippen LogP contribution in [0.5, 0.6) is 0 Å². The van der Waals surface area contributed by atoms with Gasteiger partial charge in [0, 0.05) is 12.9 Å². The van der Waals surface area contributed by atoms with E-state index in [-0.39, 0.29) is 53.4 Å². The molecular formula is C2H20N6NiO4. The Bertz CT molecular complexity index is 43.6. The van der Waals surface area contributed by atoms with Crippen LogP contribution in [0.4, 0.5) is 0 Å². The van der Waals surface area contributed by atoms with E-state index in [0.717, 1.165) is 0 Å². The van der Waals surface area contributed by atoms with Gasteiger partial charge in [-0.25, -0.2) is 0 Å². The smallest absolute Gasteiger partial charge is 0.554 e. The predicted molar refractivity (Wildman–Crippen MR) is 42.3 cm³/mol. The van der Waals surface area contributed by atoms with E-state index in [9.17, 15) is 0 Å². The van der Waals surface area contributed by atoms with E-state index in [2.05, 4.69) is 0 Å². The molecule has 10 nitrogen and oxygen atoms in total. The van der Waals surface area contributed by atoms with Gasteiger partial charge in [0.15, 0.2) is 0 Å². The zero-order chi connectivity index (χ0) is 5.41. The summed E-state index contributed by atoms with van der Waals surface area (Å²) in [4.78, 5) is 16.5. The first-order chi connectivity index (χ1) is 2.83. The van der Waals surface area contributed by atoms with Gasteiger partial charge in [0.25, 0.3) is 0 Å². The minimum Gasteiger partial charge on any atom is -0.554 e. The van der Waals surface area contributed by atoms with Crippen LogP contribution < -0.4 is 47.1 Å². The first kappa shape index (κ1) is 150. The Morgan fingerprint density at radius 1 is 0.615 bits per heavy atom. The largest absolute Gasteiger partial charge is 2.00 e. The van der Waals surface area contributed by atoms with Crippen LogP contribution in [-0.2, 0) is 26.1 Å². The molecule has 0 aromatic carbocycles. The van der Waals surface area contributed by atoms with Gasteiger partial charge in [-0.2, -0.15) is 0 Å². The molecule has 0 saturated heterocycles. The SMILES string of the molecule is N.N.N.N.N.N.O=C[O-].O=C[O-].[Ni+2]. The standard InChI is InChI=1S/2CH2O2.6H3N.Ni/c2*2-1-3;;;;;;;/h2*1H,(H,2,3);6*1H3;/q;;;;;;;;+2/p-2. The molecule has 0 fully saturated rings. The third-order valence-corrected chi connectivity index (χ3v) is 0. The second-order valence-corrected chi connectivity index (χ2v) is 0.192. The van der Waals surface area contributed by atoms with Crippen LogP contribution in [0, 0.1) is 0 Å². The summed E-state index contributed by atoms with van der Waals surface area (Å²) in [5.41, 5.74) is 0. The van der Waals surface area contributed by atoms with Crippen molar-refractivity contribution in [2.45, 2.75) is 0 Å². The normalized spacial score (nSPS) is 1.85. The third-order valence-electron chi connectivity index (χ3n) is 0. The molecule has 11 heteroatoms. The molecule has 0 aliphatic carbocycles. The van der Waals surface area contributed by atoms with Crippen molar-refractivity contribution in [2.24, 2.45) is 0 Å². The first-order valence-electron chi connectivity index (χ1n) is 0.943. The van der Waals surface area contributed by atoms with Crippen molar-refractivity contribution in [3.63, 3.8) is 0 Å². The minimum absolute atomic E-state index is 0. The fraction of sp³-hybridized carbons (Fsp3) is 0. The van der Waals surface area contributed by atoms with Crippen molar-refractivity contribution < 1.29 is 36.3 Å². The summed E-state index contributed by atoms with van der Waals surface area (Å²) < 4.78 is 0. The molecule has 13 heavy (non-hydrogen) atoms. The van der Waals surface area contributed by atoms with E-state index in [4.69, 9.17) is 19.8 Å². The number of carbonyl (C=O) groups is 2. The van der Waals surface area contributed by atoms with Crippen molar-refractivity contribution in [1.82, 2.24) is 36.9 Å². The molecule has 0 bridgehead atoms. The molecule has 0 rings (SSSR count). The Balaban J connectivity index is -0.00000000229. The third kappa shape index (κ3) is 1450. The van der Waals surface area contributed by atoms with Gasteiger partial charge in [-0.3, -0.25) is 0 Å². The van der Waals surface area contributed by atoms with Crippen LogP contribution in [0.3, 0.4) is 0 Å². The summed E-state index contributed by atoms with van der Waals surface area (Å²) in [6.45, 7) is -1.00. The second kappa shape index (κ2) is 817. The number of hydrogen-bond donors (Lipinski definition) is 6. The van der Waals surface area contributed by atoms with Crippen molar-refractivity contribution in [1.29, 1.82) is 0 Å². The van der Waals surface area contributed by atoms with Gasteiger partial charge in [-0.05, 0) is 0 Å². The van der Waals surface area contributed by atoms with Gasteiger partial charge >= 0.3 is 16.5 Å². The molecule has 0 atom stereocenters. The van der Waals surface area contributed by atoms with Crippen LogP contribution in [0.25, 0.3) is 0 Å². The summed E-state index contributed by atoms with van der Waals surface area (Å²) in [5.74, 6) is 0. The van der Waals surface area contributed by atoms with Gasteiger partial charge in [0.1, 0.15) is 0 Å². The second-order valence-electron chi connectivity index (χ2n) is 0.192. The number of carbonyl (C=O) groups excluding carboxylic acids is 2. The predicted octanol–water partition coefficient (Wildman–Crippen LogP) is -2.30. The molecule has 0 amide bonds. The van der Waals surface area contributed by atoms with Crippen molar-refractivity contribution in [3.05, 3.63) is 0 Å². The van der Waals surface area contributed by atoms with E-state index in [1.807, 2.05) is 0 Å². The summed E-state index contributed by atoms with van der Waals surface area (Å²) >= 11 is 0. The Hall–Kier alpha value is -0.806. The molecule has 18 N–H and O–H groups in total. The topological polar surface area (TPSA) is 290 Å². The molecular weight excluding hydrogens is 231 g/mol. The summed E-state index contributed by atoms with van der Waals surface area (Å²) in [6, 6.07) is 0. The number of rotatable bonds is 0. The minimum atomic E-state index is -0.500. The Kier molecular flexibility index (Phi) is 9410. The van der Waals surface area contributed by atoms with Crippen molar-refractivity contribution in [3.8, 4) is 0 Å². The molecule has 0 spiro atoms. The summed E-state index contributed by atoms with van der Waals surface area (Å²) in [5, 5.41) is 16.5. The molecule has 0 aliphatic rings. The first-order valence-corrected chi connectivity index (χ1v) is 0.943. The quantitative estimate of drug-likeness (QED) is 0.197. The zero-order valence-corrected chi connectivity index (χ0v) is 8.33. The number of hydrogen-bond acceptors (Lipinski definition) is 10. The number of carboxylic acid groups (broad SMARTS) is 2.